The highest BCUT2D eigenvalue weighted by Crippen LogP contribution is 2.13. The van der Waals surface area contributed by atoms with Crippen LogP contribution in [0.15, 0.2) is 46.9 Å². The van der Waals surface area contributed by atoms with E-state index < -0.39 is 0 Å². The molecule has 2 N–H and O–H groups in total. The second-order valence-electron chi connectivity index (χ2n) is 4.04. The summed E-state index contributed by atoms with van der Waals surface area (Å²) >= 11 is 0. The first-order chi connectivity index (χ1) is 8.29. The molecule has 1 aromatic carbocycles. The minimum absolute atomic E-state index is 0.0541. The van der Waals surface area contributed by atoms with Crippen LogP contribution >= 0.6 is 0 Å². The van der Waals surface area contributed by atoms with Crippen LogP contribution < -0.4 is 5.32 Å². The largest absolute Gasteiger partial charge is 0.465 e. The summed E-state index contributed by atoms with van der Waals surface area (Å²) in [5.41, 5.74) is 1.08. The molecule has 0 aliphatic carbocycles. The zero-order chi connectivity index (χ0) is 12.1. The second-order valence-corrected chi connectivity index (χ2v) is 4.04. The van der Waals surface area contributed by atoms with Gasteiger partial charge in [0, 0.05) is 0 Å². The number of nitrogens with one attached hydrogen (secondary N) is 1. The number of hydrogen-bond donors (Lipinski definition) is 2. The Bertz CT molecular complexity index is 450. The third-order valence-corrected chi connectivity index (χ3v) is 2.70. The van der Waals surface area contributed by atoms with Crippen LogP contribution in [0.25, 0.3) is 0 Å². The van der Waals surface area contributed by atoms with E-state index in [2.05, 4.69) is 5.32 Å². The van der Waals surface area contributed by atoms with Crippen LogP contribution in [0.3, 0.4) is 0 Å². The minimum Gasteiger partial charge on any atom is -0.465 e. The molecule has 0 fully saturated rings. The van der Waals surface area contributed by atoms with Crippen molar-refractivity contribution in [1.29, 1.82) is 0 Å². The SMILES string of the molecule is Cc1ccc(CN[C@@H](CO)c2ccccc2)o1. The molecule has 1 heterocycles. The van der Waals surface area contributed by atoms with Gasteiger partial charge in [-0.25, -0.2) is 0 Å². The lowest BCUT2D eigenvalue weighted by molar-refractivity contribution is 0.240. The summed E-state index contributed by atoms with van der Waals surface area (Å²) in [5.74, 6) is 1.79. The fraction of sp³-hybridized carbons (Fsp3) is 0.286. The molecule has 0 amide bonds. The average Bonchev–Trinajstić information content (AvgIpc) is 2.77. The van der Waals surface area contributed by atoms with Crippen LogP contribution in [-0.4, -0.2) is 11.7 Å². The Morgan fingerprint density at radius 2 is 1.94 bits per heavy atom. The second kappa shape index (κ2) is 5.66. The number of benzene rings is 1. The van der Waals surface area contributed by atoms with Crippen molar-refractivity contribution >= 4 is 0 Å². The Morgan fingerprint density at radius 3 is 2.53 bits per heavy atom. The van der Waals surface area contributed by atoms with E-state index in [1.165, 1.54) is 0 Å². The van der Waals surface area contributed by atoms with Gasteiger partial charge >= 0.3 is 0 Å². The van der Waals surface area contributed by atoms with Gasteiger partial charge in [0.2, 0.25) is 0 Å². The van der Waals surface area contributed by atoms with E-state index in [1.807, 2.05) is 49.4 Å². The molecule has 2 aromatic rings. The number of aryl methyl sites for hydroxylation is 1. The van der Waals surface area contributed by atoms with Crippen LogP contribution in [0.2, 0.25) is 0 Å². The van der Waals surface area contributed by atoms with Gasteiger partial charge in [-0.15, -0.1) is 0 Å². The summed E-state index contributed by atoms with van der Waals surface area (Å²) in [7, 11) is 0. The van der Waals surface area contributed by atoms with Crippen LogP contribution in [0.1, 0.15) is 23.1 Å². The summed E-state index contributed by atoms with van der Waals surface area (Å²) in [6.45, 7) is 2.61. The molecule has 1 aromatic heterocycles. The summed E-state index contributed by atoms with van der Waals surface area (Å²) in [6, 6.07) is 13.7. The predicted molar refractivity (Wildman–Crippen MR) is 66.6 cm³/mol. The maximum Gasteiger partial charge on any atom is 0.117 e. The maximum absolute atomic E-state index is 9.37. The molecule has 3 heteroatoms. The molecule has 17 heavy (non-hydrogen) atoms. The molecule has 0 bridgehead atoms. The van der Waals surface area contributed by atoms with E-state index in [9.17, 15) is 5.11 Å². The number of rotatable bonds is 5. The zero-order valence-electron chi connectivity index (χ0n) is 9.89. The first-order valence-corrected chi connectivity index (χ1v) is 5.74. The average molecular weight is 231 g/mol. The Balaban J connectivity index is 1.97. The van der Waals surface area contributed by atoms with Gasteiger partial charge in [0.15, 0.2) is 0 Å². The fourth-order valence-electron chi connectivity index (χ4n) is 1.78. The van der Waals surface area contributed by atoms with Crippen LogP contribution in [0, 0.1) is 6.92 Å². The van der Waals surface area contributed by atoms with Gasteiger partial charge in [0.1, 0.15) is 11.5 Å². The van der Waals surface area contributed by atoms with E-state index >= 15 is 0 Å². The van der Waals surface area contributed by atoms with Crippen molar-refractivity contribution in [3.63, 3.8) is 0 Å². The van der Waals surface area contributed by atoms with E-state index in [1.54, 1.807) is 0 Å². The summed E-state index contributed by atoms with van der Waals surface area (Å²) in [4.78, 5) is 0. The normalized spacial score (nSPS) is 12.6. The fourth-order valence-corrected chi connectivity index (χ4v) is 1.78. The highest BCUT2D eigenvalue weighted by Gasteiger charge is 2.09. The van der Waals surface area contributed by atoms with Crippen molar-refractivity contribution in [2.75, 3.05) is 6.61 Å². The molecular weight excluding hydrogens is 214 g/mol. The number of hydrogen-bond acceptors (Lipinski definition) is 3. The topological polar surface area (TPSA) is 45.4 Å². The molecule has 0 spiro atoms. The van der Waals surface area contributed by atoms with Crippen LogP contribution in [-0.2, 0) is 6.54 Å². The van der Waals surface area contributed by atoms with E-state index in [4.69, 9.17) is 4.42 Å². The third-order valence-electron chi connectivity index (χ3n) is 2.70. The number of aliphatic hydroxyl groups is 1. The van der Waals surface area contributed by atoms with Gasteiger partial charge in [0.05, 0.1) is 19.2 Å². The minimum atomic E-state index is -0.0541. The lowest BCUT2D eigenvalue weighted by Gasteiger charge is -2.15. The monoisotopic (exact) mass is 231 g/mol. The van der Waals surface area contributed by atoms with E-state index in [-0.39, 0.29) is 12.6 Å². The van der Waals surface area contributed by atoms with Crippen molar-refractivity contribution in [3.8, 4) is 0 Å². The summed E-state index contributed by atoms with van der Waals surface area (Å²) in [5, 5.41) is 12.6. The summed E-state index contributed by atoms with van der Waals surface area (Å²) < 4.78 is 5.47. The first-order valence-electron chi connectivity index (χ1n) is 5.74. The molecule has 2 rings (SSSR count). The lowest BCUT2D eigenvalue weighted by atomic mass is 10.1. The lowest BCUT2D eigenvalue weighted by Crippen LogP contribution is -2.23. The quantitative estimate of drug-likeness (QED) is 0.830. The molecule has 0 radical (unpaired) electrons. The highest BCUT2D eigenvalue weighted by atomic mass is 16.3. The smallest absolute Gasteiger partial charge is 0.117 e. The van der Waals surface area contributed by atoms with E-state index in [0.717, 1.165) is 17.1 Å². The Morgan fingerprint density at radius 1 is 1.18 bits per heavy atom. The van der Waals surface area contributed by atoms with Gasteiger partial charge in [-0.3, -0.25) is 0 Å². The first kappa shape index (κ1) is 11.9. The molecular formula is C14H17NO2. The molecule has 0 aliphatic rings. The molecule has 0 unspecified atom stereocenters. The van der Waals surface area contributed by atoms with Crippen LogP contribution in [0.5, 0.6) is 0 Å². The molecule has 90 valence electrons. The van der Waals surface area contributed by atoms with Gasteiger partial charge in [0.25, 0.3) is 0 Å². The summed E-state index contributed by atoms with van der Waals surface area (Å²) in [6.07, 6.45) is 0. The highest BCUT2D eigenvalue weighted by molar-refractivity contribution is 5.19. The van der Waals surface area contributed by atoms with Crippen molar-refractivity contribution in [1.82, 2.24) is 5.32 Å². The van der Waals surface area contributed by atoms with Crippen LogP contribution in [0.4, 0.5) is 0 Å². The Hall–Kier alpha value is -1.58. The van der Waals surface area contributed by atoms with Gasteiger partial charge < -0.3 is 14.8 Å². The number of aliphatic hydroxyl groups excluding tert-OH is 1. The van der Waals surface area contributed by atoms with Crippen molar-refractivity contribution < 1.29 is 9.52 Å². The van der Waals surface area contributed by atoms with Gasteiger partial charge in [-0.2, -0.15) is 0 Å². The molecule has 0 saturated heterocycles. The van der Waals surface area contributed by atoms with Gasteiger partial charge in [-0.1, -0.05) is 30.3 Å². The van der Waals surface area contributed by atoms with Gasteiger partial charge in [-0.05, 0) is 24.6 Å². The molecule has 0 aliphatic heterocycles. The van der Waals surface area contributed by atoms with Crippen molar-refractivity contribution in [2.24, 2.45) is 0 Å². The number of furan rings is 1. The maximum atomic E-state index is 9.37. The van der Waals surface area contributed by atoms with Crippen molar-refractivity contribution in [2.45, 2.75) is 19.5 Å². The molecule has 1 atom stereocenters. The molecule has 3 nitrogen and oxygen atoms in total. The molecule has 0 saturated carbocycles. The van der Waals surface area contributed by atoms with E-state index in [0.29, 0.717) is 6.54 Å². The van der Waals surface area contributed by atoms with Crippen molar-refractivity contribution in [3.05, 3.63) is 59.5 Å². The predicted octanol–water partition coefficient (Wildman–Crippen LogP) is 2.41. The zero-order valence-corrected chi connectivity index (χ0v) is 9.89. The standard InChI is InChI=1S/C14H17NO2/c1-11-7-8-13(17-11)9-15-14(10-16)12-5-3-2-4-6-12/h2-8,14-16H,9-10H2,1H3/t14-/m0/s1. The Kier molecular flexibility index (Phi) is 3.96. The Labute approximate surface area is 101 Å². The third kappa shape index (κ3) is 3.19.